The Balaban J connectivity index is 1.37. The number of hydrogen-bond acceptors (Lipinski definition) is 4. The lowest BCUT2D eigenvalue weighted by Crippen LogP contribution is -2.15. The van der Waals surface area contributed by atoms with Crippen molar-refractivity contribution < 1.29 is 8.83 Å². The third-order valence-electron chi connectivity index (χ3n) is 11.5. The Morgan fingerprint density at radius 1 is 0.345 bits per heavy atom. The molecule has 0 amide bonds. The fourth-order valence-electron chi connectivity index (χ4n) is 8.52. The molecular formula is C54H46N2O2. The van der Waals surface area contributed by atoms with Crippen LogP contribution in [0.1, 0.15) is 52.7 Å². The molecule has 10 aromatic rings. The molecule has 0 spiro atoms. The first kappa shape index (κ1) is 35.6. The highest BCUT2D eigenvalue weighted by Gasteiger charge is 2.28. The van der Waals surface area contributed by atoms with Crippen LogP contribution < -0.4 is 9.80 Å². The minimum absolute atomic E-state index is 0.0360. The molecule has 0 fully saturated rings. The molecule has 58 heavy (non-hydrogen) atoms. The average Bonchev–Trinajstić information content (AvgIpc) is 3.82. The summed E-state index contributed by atoms with van der Waals surface area (Å²) in [6.45, 7) is 13.6. The summed E-state index contributed by atoms with van der Waals surface area (Å²) in [5.41, 5.74) is 12.0. The Morgan fingerprint density at radius 2 is 0.707 bits per heavy atom. The quantitative estimate of drug-likeness (QED) is 0.169. The van der Waals surface area contributed by atoms with E-state index in [0.29, 0.717) is 0 Å². The highest BCUT2D eigenvalue weighted by molar-refractivity contribution is 6.32. The summed E-state index contributed by atoms with van der Waals surface area (Å²) in [4.78, 5) is 4.71. The number of anilines is 6. The number of hydrogen-bond donors (Lipinski definition) is 0. The molecule has 0 atom stereocenters. The zero-order valence-electron chi connectivity index (χ0n) is 33.9. The molecule has 4 nitrogen and oxygen atoms in total. The van der Waals surface area contributed by atoms with Crippen LogP contribution in [-0.2, 0) is 10.8 Å². The minimum Gasteiger partial charge on any atom is -0.454 e. The first-order valence-corrected chi connectivity index (χ1v) is 20.2. The lowest BCUT2D eigenvalue weighted by atomic mass is 9.86. The van der Waals surface area contributed by atoms with Crippen LogP contribution in [0.25, 0.3) is 54.6 Å². The van der Waals surface area contributed by atoms with E-state index in [-0.39, 0.29) is 10.8 Å². The highest BCUT2D eigenvalue weighted by Crippen LogP contribution is 2.52. The number of nitrogens with zero attached hydrogens (tertiary/aromatic N) is 2. The Labute approximate surface area is 339 Å². The van der Waals surface area contributed by atoms with E-state index in [1.165, 1.54) is 11.1 Å². The van der Waals surface area contributed by atoms with Gasteiger partial charge in [0.25, 0.3) is 0 Å². The van der Waals surface area contributed by atoms with Gasteiger partial charge in [-0.2, -0.15) is 0 Å². The van der Waals surface area contributed by atoms with Gasteiger partial charge < -0.3 is 18.6 Å². The topological polar surface area (TPSA) is 32.8 Å². The van der Waals surface area contributed by atoms with Crippen molar-refractivity contribution in [2.75, 3.05) is 9.80 Å². The van der Waals surface area contributed by atoms with Gasteiger partial charge in [0.15, 0.2) is 11.2 Å². The van der Waals surface area contributed by atoms with E-state index in [4.69, 9.17) is 8.83 Å². The van der Waals surface area contributed by atoms with Gasteiger partial charge in [0.05, 0.1) is 11.4 Å². The Kier molecular flexibility index (Phi) is 8.24. The van der Waals surface area contributed by atoms with Crippen molar-refractivity contribution >= 4 is 88.8 Å². The summed E-state index contributed by atoms with van der Waals surface area (Å²) in [6, 6.07) is 60.7. The first-order chi connectivity index (χ1) is 28.0. The summed E-state index contributed by atoms with van der Waals surface area (Å²) < 4.78 is 14.1. The van der Waals surface area contributed by atoms with Crippen LogP contribution in [-0.4, -0.2) is 0 Å². The van der Waals surface area contributed by atoms with Crippen molar-refractivity contribution in [3.05, 3.63) is 181 Å². The molecule has 10 rings (SSSR count). The second-order valence-electron chi connectivity index (χ2n) is 17.4. The van der Waals surface area contributed by atoms with Crippen LogP contribution in [0.2, 0.25) is 0 Å². The monoisotopic (exact) mass is 754 g/mol. The third-order valence-corrected chi connectivity index (χ3v) is 11.5. The smallest absolute Gasteiger partial charge is 0.160 e. The van der Waals surface area contributed by atoms with Crippen molar-refractivity contribution in [3.8, 4) is 0 Å². The van der Waals surface area contributed by atoms with Crippen LogP contribution in [0.5, 0.6) is 0 Å². The van der Waals surface area contributed by atoms with Gasteiger partial charge in [-0.15, -0.1) is 0 Å². The minimum atomic E-state index is -0.0360. The molecule has 2 aromatic heterocycles. The fourth-order valence-corrected chi connectivity index (χ4v) is 8.52. The maximum atomic E-state index is 7.04. The number of benzene rings is 8. The van der Waals surface area contributed by atoms with Gasteiger partial charge in [-0.1, -0.05) is 139 Å². The molecule has 0 radical (unpaired) electrons. The number of rotatable bonds is 6. The van der Waals surface area contributed by atoms with Crippen molar-refractivity contribution in [3.63, 3.8) is 0 Å². The third kappa shape index (κ3) is 5.90. The van der Waals surface area contributed by atoms with Gasteiger partial charge >= 0.3 is 0 Å². The Morgan fingerprint density at radius 3 is 1.10 bits per heavy atom. The van der Waals surface area contributed by atoms with E-state index in [1.807, 2.05) is 0 Å². The second-order valence-corrected chi connectivity index (χ2v) is 17.4. The predicted octanol–water partition coefficient (Wildman–Crippen LogP) is 16.2. The van der Waals surface area contributed by atoms with E-state index >= 15 is 0 Å². The van der Waals surface area contributed by atoms with Gasteiger partial charge in [-0.3, -0.25) is 0 Å². The molecule has 0 aliphatic carbocycles. The normalized spacial score (nSPS) is 12.3. The standard InChI is InChI=1S/C54H46N2O2/c1-53(2,3)35-19-17-25-39(31-35)55(37-21-9-7-10-22-37)45-33-43-44(49-41-27-13-15-29-47(41)57-51(45)49)34-46(52-50(43)42-28-14-16-30-48(42)58-52)56(38-23-11-8-12-24-38)40-26-18-20-36(32-40)54(4,5)6/h7-34H,1-6H3. The summed E-state index contributed by atoms with van der Waals surface area (Å²) in [5.74, 6) is 0. The predicted molar refractivity (Wildman–Crippen MR) is 245 cm³/mol. The van der Waals surface area contributed by atoms with E-state index in [9.17, 15) is 0 Å². The molecule has 0 unspecified atom stereocenters. The maximum Gasteiger partial charge on any atom is 0.160 e. The van der Waals surface area contributed by atoms with Crippen LogP contribution >= 0.6 is 0 Å². The molecular weight excluding hydrogens is 709 g/mol. The summed E-state index contributed by atoms with van der Waals surface area (Å²) >= 11 is 0. The maximum absolute atomic E-state index is 7.04. The van der Waals surface area contributed by atoms with E-state index in [0.717, 1.165) is 88.8 Å². The first-order valence-electron chi connectivity index (χ1n) is 20.2. The van der Waals surface area contributed by atoms with Gasteiger partial charge in [0, 0.05) is 44.3 Å². The molecule has 0 bridgehead atoms. The molecule has 0 saturated carbocycles. The van der Waals surface area contributed by atoms with Crippen molar-refractivity contribution in [2.45, 2.75) is 52.4 Å². The molecule has 4 heteroatoms. The average molecular weight is 755 g/mol. The van der Waals surface area contributed by atoms with Crippen LogP contribution in [0.15, 0.2) is 179 Å². The molecule has 284 valence electrons. The second kappa shape index (κ2) is 13.4. The fraction of sp³-hybridized carbons (Fsp3) is 0.148. The molecule has 0 saturated heterocycles. The zero-order chi connectivity index (χ0) is 39.8. The Hall–Kier alpha value is -6.78. The van der Waals surface area contributed by atoms with E-state index in [2.05, 4.69) is 221 Å². The lowest BCUT2D eigenvalue weighted by molar-refractivity contribution is 0.590. The van der Waals surface area contributed by atoms with Crippen molar-refractivity contribution in [2.24, 2.45) is 0 Å². The zero-order valence-corrected chi connectivity index (χ0v) is 33.9. The van der Waals surface area contributed by atoms with Crippen LogP contribution in [0.3, 0.4) is 0 Å². The van der Waals surface area contributed by atoms with Crippen LogP contribution in [0, 0.1) is 0 Å². The largest absolute Gasteiger partial charge is 0.454 e. The number of furan rings is 2. The molecule has 0 aliphatic heterocycles. The molecule has 2 heterocycles. The summed E-state index contributed by atoms with van der Waals surface area (Å²) in [5, 5.41) is 6.48. The van der Waals surface area contributed by atoms with Gasteiger partial charge in [0.1, 0.15) is 11.2 Å². The number of para-hydroxylation sites is 4. The Bertz CT molecular complexity index is 2930. The highest BCUT2D eigenvalue weighted by atomic mass is 16.3. The molecule has 0 aliphatic rings. The SMILES string of the molecule is CC(C)(C)c1cccc(N(c2ccccc2)c2cc3c(cc(N(c4ccccc4)c4cccc(C(C)(C)C)c4)c4oc5ccccc5c43)c3c2oc2ccccc23)c1. The summed E-state index contributed by atoms with van der Waals surface area (Å²) in [7, 11) is 0. The number of fused-ring (bicyclic) bond motifs is 9. The van der Waals surface area contributed by atoms with Crippen LogP contribution in [0.4, 0.5) is 34.1 Å². The summed E-state index contributed by atoms with van der Waals surface area (Å²) in [6.07, 6.45) is 0. The van der Waals surface area contributed by atoms with Gasteiger partial charge in [-0.25, -0.2) is 0 Å². The molecule has 0 N–H and O–H groups in total. The van der Waals surface area contributed by atoms with E-state index < -0.39 is 0 Å². The molecule has 8 aromatic carbocycles. The van der Waals surface area contributed by atoms with Gasteiger partial charge in [-0.05, 0) is 106 Å². The van der Waals surface area contributed by atoms with Crippen molar-refractivity contribution in [1.82, 2.24) is 0 Å². The lowest BCUT2D eigenvalue weighted by Gasteiger charge is -2.29. The van der Waals surface area contributed by atoms with Crippen molar-refractivity contribution in [1.29, 1.82) is 0 Å². The van der Waals surface area contributed by atoms with E-state index in [1.54, 1.807) is 0 Å². The van der Waals surface area contributed by atoms with Gasteiger partial charge in [0.2, 0.25) is 0 Å².